The van der Waals surface area contributed by atoms with E-state index in [1.165, 1.54) is 6.07 Å². The lowest BCUT2D eigenvalue weighted by atomic mass is 10.1. The van der Waals surface area contributed by atoms with Crippen LogP contribution < -0.4 is 5.32 Å². The van der Waals surface area contributed by atoms with Gasteiger partial charge in [0.2, 0.25) is 0 Å². The molecule has 1 N–H and O–H groups in total. The molecule has 0 aliphatic rings. The van der Waals surface area contributed by atoms with Crippen molar-refractivity contribution in [1.29, 1.82) is 0 Å². The molecule has 1 atom stereocenters. The van der Waals surface area contributed by atoms with Crippen LogP contribution in [0.15, 0.2) is 40.9 Å². The van der Waals surface area contributed by atoms with E-state index in [1.54, 1.807) is 19.1 Å². The highest BCUT2D eigenvalue weighted by Gasteiger charge is 2.16. The lowest BCUT2D eigenvalue weighted by Crippen LogP contribution is -2.27. The number of rotatable bonds is 3. The van der Waals surface area contributed by atoms with Crippen LogP contribution in [-0.2, 0) is 0 Å². The van der Waals surface area contributed by atoms with Gasteiger partial charge in [-0.3, -0.25) is 4.79 Å². The molecule has 0 radical (unpaired) electrons. The summed E-state index contributed by atoms with van der Waals surface area (Å²) in [6, 6.07) is 7.19. The number of benzene rings is 2. The average molecular weight is 375 g/mol. The van der Waals surface area contributed by atoms with Crippen molar-refractivity contribution >= 4 is 33.4 Å². The number of carbonyl (C=O) groups is 1. The summed E-state index contributed by atoms with van der Waals surface area (Å²) >= 11 is 9.11. The largest absolute Gasteiger partial charge is 0.345 e. The summed E-state index contributed by atoms with van der Waals surface area (Å²) in [5, 5.41) is 3.01. The minimum absolute atomic E-state index is 0.0874. The molecule has 6 heteroatoms. The molecular formula is C15H11BrClF2NO. The van der Waals surface area contributed by atoms with Gasteiger partial charge in [-0.2, -0.15) is 0 Å². The smallest absolute Gasteiger partial charge is 0.251 e. The molecule has 0 heterocycles. The van der Waals surface area contributed by atoms with Crippen LogP contribution in [0.3, 0.4) is 0 Å². The third-order valence-electron chi connectivity index (χ3n) is 2.90. The minimum atomic E-state index is -0.675. The van der Waals surface area contributed by atoms with Crippen molar-refractivity contribution in [3.8, 4) is 0 Å². The van der Waals surface area contributed by atoms with Gasteiger partial charge in [0.15, 0.2) is 0 Å². The summed E-state index contributed by atoms with van der Waals surface area (Å²) in [7, 11) is 0. The standard InChI is InChI=1S/C15H11BrClF2NO/c1-8(13-7-12(18)2-3-14(13)19)20-15(21)9-4-10(16)6-11(17)5-9/h2-8H,1H3,(H,20,21). The van der Waals surface area contributed by atoms with E-state index in [9.17, 15) is 13.6 Å². The van der Waals surface area contributed by atoms with E-state index in [4.69, 9.17) is 11.6 Å². The molecule has 0 aromatic heterocycles. The van der Waals surface area contributed by atoms with Crippen LogP contribution in [0.1, 0.15) is 28.9 Å². The Morgan fingerprint density at radius 2 is 1.95 bits per heavy atom. The number of amides is 1. The summed E-state index contributed by atoms with van der Waals surface area (Å²) in [5.74, 6) is -1.55. The summed E-state index contributed by atoms with van der Waals surface area (Å²) in [6.45, 7) is 1.58. The first-order valence-electron chi connectivity index (χ1n) is 6.08. The van der Waals surface area contributed by atoms with E-state index in [0.717, 1.165) is 18.2 Å². The van der Waals surface area contributed by atoms with Gasteiger partial charge in [0.25, 0.3) is 5.91 Å². The van der Waals surface area contributed by atoms with Gasteiger partial charge >= 0.3 is 0 Å². The second kappa shape index (κ2) is 6.54. The Hall–Kier alpha value is -1.46. The van der Waals surface area contributed by atoms with Crippen molar-refractivity contribution in [2.24, 2.45) is 0 Å². The van der Waals surface area contributed by atoms with Gasteiger partial charge in [-0.05, 0) is 43.3 Å². The van der Waals surface area contributed by atoms with Crippen molar-refractivity contribution in [1.82, 2.24) is 5.32 Å². The summed E-state index contributed by atoms with van der Waals surface area (Å²) in [6.07, 6.45) is 0. The first kappa shape index (κ1) is 15.9. The molecule has 0 saturated heterocycles. The van der Waals surface area contributed by atoms with Crippen LogP contribution >= 0.6 is 27.5 Å². The fraction of sp³-hybridized carbons (Fsp3) is 0.133. The van der Waals surface area contributed by atoms with Crippen LogP contribution in [0.2, 0.25) is 5.02 Å². The molecule has 2 rings (SSSR count). The van der Waals surface area contributed by atoms with Crippen molar-refractivity contribution in [3.63, 3.8) is 0 Å². The Morgan fingerprint density at radius 3 is 2.62 bits per heavy atom. The molecule has 2 nitrogen and oxygen atoms in total. The van der Waals surface area contributed by atoms with Gasteiger partial charge in [-0.15, -0.1) is 0 Å². The monoisotopic (exact) mass is 373 g/mol. The third kappa shape index (κ3) is 4.02. The Balaban J connectivity index is 2.20. The van der Waals surface area contributed by atoms with Gasteiger partial charge in [0, 0.05) is 20.6 Å². The topological polar surface area (TPSA) is 29.1 Å². The van der Waals surface area contributed by atoms with Crippen LogP contribution in [0.25, 0.3) is 0 Å². The molecule has 0 saturated carbocycles. The molecule has 1 unspecified atom stereocenters. The maximum atomic E-state index is 13.7. The van der Waals surface area contributed by atoms with Crippen LogP contribution in [-0.4, -0.2) is 5.91 Å². The SMILES string of the molecule is CC(NC(=O)c1cc(Cl)cc(Br)c1)c1cc(F)ccc1F. The molecule has 0 spiro atoms. The molecule has 21 heavy (non-hydrogen) atoms. The van der Waals surface area contributed by atoms with Gasteiger partial charge in [0.05, 0.1) is 6.04 Å². The Labute approximate surface area is 134 Å². The van der Waals surface area contributed by atoms with E-state index in [-0.39, 0.29) is 5.56 Å². The molecule has 110 valence electrons. The number of nitrogens with one attached hydrogen (secondary N) is 1. The first-order valence-corrected chi connectivity index (χ1v) is 7.26. The zero-order chi connectivity index (χ0) is 15.6. The highest BCUT2D eigenvalue weighted by Crippen LogP contribution is 2.22. The summed E-state index contributed by atoms with van der Waals surface area (Å²) < 4.78 is 27.5. The highest BCUT2D eigenvalue weighted by atomic mass is 79.9. The van der Waals surface area contributed by atoms with Gasteiger partial charge < -0.3 is 5.32 Å². The second-order valence-electron chi connectivity index (χ2n) is 4.52. The second-order valence-corrected chi connectivity index (χ2v) is 5.87. The zero-order valence-electron chi connectivity index (χ0n) is 11.0. The van der Waals surface area contributed by atoms with Crippen LogP contribution in [0.4, 0.5) is 8.78 Å². The Bertz CT molecular complexity index is 673. The zero-order valence-corrected chi connectivity index (χ0v) is 13.3. The van der Waals surface area contributed by atoms with Gasteiger partial charge in [-0.1, -0.05) is 27.5 Å². The predicted molar refractivity (Wildman–Crippen MR) is 81.4 cm³/mol. The normalized spacial score (nSPS) is 12.0. The fourth-order valence-corrected chi connectivity index (χ4v) is 2.75. The summed E-state index contributed by atoms with van der Waals surface area (Å²) in [4.78, 5) is 12.1. The van der Waals surface area contributed by atoms with E-state index >= 15 is 0 Å². The van der Waals surface area contributed by atoms with E-state index in [0.29, 0.717) is 15.1 Å². The molecule has 0 aliphatic heterocycles. The van der Waals surface area contributed by atoms with Crippen molar-refractivity contribution in [3.05, 3.63) is 68.7 Å². The van der Waals surface area contributed by atoms with Crippen LogP contribution in [0.5, 0.6) is 0 Å². The lowest BCUT2D eigenvalue weighted by Gasteiger charge is -2.15. The van der Waals surface area contributed by atoms with Crippen molar-refractivity contribution in [2.45, 2.75) is 13.0 Å². The Kier molecular flexibility index (Phi) is 4.96. The third-order valence-corrected chi connectivity index (χ3v) is 3.57. The van der Waals surface area contributed by atoms with E-state index < -0.39 is 23.6 Å². The molecule has 0 aliphatic carbocycles. The van der Waals surface area contributed by atoms with Crippen molar-refractivity contribution in [2.75, 3.05) is 0 Å². The molecule has 0 bridgehead atoms. The molecule has 2 aromatic carbocycles. The molecule has 1 amide bonds. The first-order chi connectivity index (χ1) is 9.86. The van der Waals surface area contributed by atoms with Crippen LogP contribution in [0, 0.1) is 11.6 Å². The maximum absolute atomic E-state index is 13.7. The lowest BCUT2D eigenvalue weighted by molar-refractivity contribution is 0.0939. The van der Waals surface area contributed by atoms with Gasteiger partial charge in [-0.25, -0.2) is 8.78 Å². The number of hydrogen-bond acceptors (Lipinski definition) is 1. The van der Waals surface area contributed by atoms with Gasteiger partial charge in [0.1, 0.15) is 11.6 Å². The molecular weight excluding hydrogens is 364 g/mol. The average Bonchev–Trinajstić information content (AvgIpc) is 2.40. The number of halogens is 4. The summed E-state index contributed by atoms with van der Waals surface area (Å²) in [5.41, 5.74) is 0.419. The van der Waals surface area contributed by atoms with Crippen molar-refractivity contribution < 1.29 is 13.6 Å². The van der Waals surface area contributed by atoms with E-state index in [1.807, 2.05) is 0 Å². The minimum Gasteiger partial charge on any atom is -0.345 e. The van der Waals surface area contributed by atoms with E-state index in [2.05, 4.69) is 21.2 Å². The number of hydrogen-bond donors (Lipinski definition) is 1. The molecule has 0 fully saturated rings. The maximum Gasteiger partial charge on any atom is 0.251 e. The fourth-order valence-electron chi connectivity index (χ4n) is 1.89. The predicted octanol–water partition coefficient (Wildman–Crippen LogP) is 4.87. The quantitative estimate of drug-likeness (QED) is 0.816. The Morgan fingerprint density at radius 1 is 1.24 bits per heavy atom. The highest BCUT2D eigenvalue weighted by molar-refractivity contribution is 9.10. The molecule has 2 aromatic rings. The number of carbonyl (C=O) groups excluding carboxylic acids is 1.